The van der Waals surface area contributed by atoms with E-state index in [1.807, 2.05) is 30.3 Å². The van der Waals surface area contributed by atoms with Gasteiger partial charge in [-0.25, -0.2) is 0 Å². The summed E-state index contributed by atoms with van der Waals surface area (Å²) in [6.07, 6.45) is 1.02. The van der Waals surface area contributed by atoms with Crippen LogP contribution in [0.25, 0.3) is 0 Å². The molecule has 1 heterocycles. The molecule has 0 atom stereocenters. The van der Waals surface area contributed by atoms with Crippen LogP contribution in [0.2, 0.25) is 0 Å². The van der Waals surface area contributed by atoms with E-state index in [2.05, 4.69) is 23.1 Å². The minimum atomic E-state index is 0.441. The third kappa shape index (κ3) is 3.16. The molecule has 0 amide bonds. The zero-order valence-electron chi connectivity index (χ0n) is 11.8. The maximum absolute atomic E-state index is 5.80. The van der Waals surface area contributed by atoms with Crippen LogP contribution in [0.15, 0.2) is 48.5 Å². The second-order valence-electron chi connectivity index (χ2n) is 5.16. The molecule has 0 aliphatic carbocycles. The molecule has 0 saturated heterocycles. The average Bonchev–Trinajstić information content (AvgIpc) is 2.70. The Balaban J connectivity index is 1.87. The molecule has 108 valence electrons. The van der Waals surface area contributed by atoms with E-state index in [-0.39, 0.29) is 0 Å². The lowest BCUT2D eigenvalue weighted by atomic mass is 10.1. The summed E-state index contributed by atoms with van der Waals surface area (Å²) >= 11 is 5.05. The number of thiocarbonyl (C=S) groups is 1. The zero-order chi connectivity index (χ0) is 14.7. The Morgan fingerprint density at radius 3 is 2.90 bits per heavy atom. The Kier molecular flexibility index (Phi) is 4.06. The SMILES string of the molecule is NC(=S)c1cccc(CN2CCCOc3ccccc32)c1. The van der Waals surface area contributed by atoms with Gasteiger partial charge in [0, 0.05) is 18.7 Å². The predicted molar refractivity (Wildman–Crippen MR) is 89.9 cm³/mol. The highest BCUT2D eigenvalue weighted by atomic mass is 32.1. The number of anilines is 1. The van der Waals surface area contributed by atoms with Crippen molar-refractivity contribution in [2.75, 3.05) is 18.1 Å². The second kappa shape index (κ2) is 6.14. The first-order chi connectivity index (χ1) is 10.2. The summed E-state index contributed by atoms with van der Waals surface area (Å²) in [7, 11) is 0. The molecule has 0 saturated carbocycles. The zero-order valence-corrected chi connectivity index (χ0v) is 12.6. The van der Waals surface area contributed by atoms with Crippen LogP contribution >= 0.6 is 12.2 Å². The lowest BCUT2D eigenvalue weighted by molar-refractivity contribution is 0.322. The van der Waals surface area contributed by atoms with Crippen LogP contribution in [0.3, 0.4) is 0 Å². The van der Waals surface area contributed by atoms with Gasteiger partial charge in [0.2, 0.25) is 0 Å². The molecule has 3 rings (SSSR count). The van der Waals surface area contributed by atoms with Crippen LogP contribution in [0.1, 0.15) is 17.5 Å². The molecule has 2 N–H and O–H groups in total. The molecule has 0 fully saturated rings. The number of benzene rings is 2. The van der Waals surface area contributed by atoms with Crippen molar-refractivity contribution in [1.82, 2.24) is 0 Å². The van der Waals surface area contributed by atoms with E-state index < -0.39 is 0 Å². The summed E-state index contributed by atoms with van der Waals surface area (Å²) in [6, 6.07) is 16.3. The van der Waals surface area contributed by atoms with E-state index in [0.29, 0.717) is 4.99 Å². The van der Waals surface area contributed by atoms with Crippen molar-refractivity contribution in [1.29, 1.82) is 0 Å². The number of fused-ring (bicyclic) bond motifs is 1. The molecule has 0 unspecified atom stereocenters. The van der Waals surface area contributed by atoms with Crippen molar-refractivity contribution in [2.45, 2.75) is 13.0 Å². The second-order valence-corrected chi connectivity index (χ2v) is 5.60. The fourth-order valence-electron chi connectivity index (χ4n) is 2.61. The maximum Gasteiger partial charge on any atom is 0.142 e. The highest BCUT2D eigenvalue weighted by Crippen LogP contribution is 2.31. The van der Waals surface area contributed by atoms with Gasteiger partial charge >= 0.3 is 0 Å². The van der Waals surface area contributed by atoms with Crippen LogP contribution in [-0.4, -0.2) is 18.1 Å². The smallest absolute Gasteiger partial charge is 0.142 e. The van der Waals surface area contributed by atoms with Crippen molar-refractivity contribution in [3.05, 3.63) is 59.7 Å². The van der Waals surface area contributed by atoms with Crippen molar-refractivity contribution in [2.24, 2.45) is 5.73 Å². The van der Waals surface area contributed by atoms with Crippen LogP contribution in [-0.2, 0) is 6.54 Å². The first kappa shape index (κ1) is 13.9. The van der Waals surface area contributed by atoms with Crippen molar-refractivity contribution < 1.29 is 4.74 Å². The summed E-state index contributed by atoms with van der Waals surface area (Å²) in [5, 5.41) is 0. The summed E-state index contributed by atoms with van der Waals surface area (Å²) in [5.41, 5.74) is 8.99. The molecule has 2 aromatic carbocycles. The standard InChI is InChI=1S/C17H18N2OS/c18-17(21)14-6-3-5-13(11-14)12-19-9-4-10-20-16-8-2-1-7-15(16)19/h1-3,5-8,11H,4,9-10,12H2,(H2,18,21). The molecule has 1 aliphatic heterocycles. The summed E-state index contributed by atoms with van der Waals surface area (Å²) < 4.78 is 5.80. The molecule has 4 heteroatoms. The normalized spacial score (nSPS) is 14.0. The Morgan fingerprint density at radius 2 is 2.05 bits per heavy atom. The Labute approximate surface area is 130 Å². The molecule has 1 aliphatic rings. The van der Waals surface area contributed by atoms with Gasteiger partial charge in [-0.3, -0.25) is 0 Å². The number of nitrogens with zero attached hydrogens (tertiary/aromatic N) is 1. The van der Waals surface area contributed by atoms with Gasteiger partial charge in [0.05, 0.1) is 12.3 Å². The van der Waals surface area contributed by atoms with Crippen LogP contribution in [0.5, 0.6) is 5.75 Å². The Bertz CT molecular complexity index is 657. The highest BCUT2D eigenvalue weighted by molar-refractivity contribution is 7.80. The highest BCUT2D eigenvalue weighted by Gasteiger charge is 2.16. The van der Waals surface area contributed by atoms with E-state index in [4.69, 9.17) is 22.7 Å². The van der Waals surface area contributed by atoms with Gasteiger partial charge in [-0.05, 0) is 30.2 Å². The van der Waals surface area contributed by atoms with Crippen molar-refractivity contribution in [3.63, 3.8) is 0 Å². The van der Waals surface area contributed by atoms with Crippen molar-refractivity contribution in [3.8, 4) is 5.75 Å². The number of para-hydroxylation sites is 2. The van der Waals surface area contributed by atoms with E-state index >= 15 is 0 Å². The lowest BCUT2D eigenvalue weighted by Gasteiger charge is -2.24. The third-order valence-corrected chi connectivity index (χ3v) is 3.86. The fourth-order valence-corrected chi connectivity index (χ4v) is 2.73. The number of ether oxygens (including phenoxy) is 1. The molecule has 0 radical (unpaired) electrons. The molecular formula is C17H18N2OS. The van der Waals surface area contributed by atoms with E-state index in [0.717, 1.165) is 43.1 Å². The molecule has 0 bridgehead atoms. The molecular weight excluding hydrogens is 280 g/mol. The fraction of sp³-hybridized carbons (Fsp3) is 0.235. The molecule has 3 nitrogen and oxygen atoms in total. The molecule has 2 aromatic rings. The molecule has 21 heavy (non-hydrogen) atoms. The minimum absolute atomic E-state index is 0.441. The van der Waals surface area contributed by atoms with Gasteiger partial charge < -0.3 is 15.4 Å². The number of nitrogens with two attached hydrogens (primary N) is 1. The third-order valence-electron chi connectivity index (χ3n) is 3.62. The molecule has 0 spiro atoms. The van der Waals surface area contributed by atoms with Gasteiger partial charge in [-0.15, -0.1) is 0 Å². The molecule has 0 aromatic heterocycles. The monoisotopic (exact) mass is 298 g/mol. The van der Waals surface area contributed by atoms with E-state index in [1.54, 1.807) is 0 Å². The minimum Gasteiger partial charge on any atom is -0.491 e. The van der Waals surface area contributed by atoms with Gasteiger partial charge in [-0.1, -0.05) is 42.5 Å². The van der Waals surface area contributed by atoms with Gasteiger partial charge in [0.25, 0.3) is 0 Å². The topological polar surface area (TPSA) is 38.5 Å². The lowest BCUT2D eigenvalue weighted by Crippen LogP contribution is -2.23. The number of rotatable bonds is 3. The summed E-state index contributed by atoms with van der Waals surface area (Å²) in [6.45, 7) is 2.57. The number of hydrogen-bond donors (Lipinski definition) is 1. The van der Waals surface area contributed by atoms with Crippen LogP contribution in [0, 0.1) is 0 Å². The maximum atomic E-state index is 5.80. The quantitative estimate of drug-likeness (QED) is 0.884. The van der Waals surface area contributed by atoms with E-state index in [9.17, 15) is 0 Å². The Hall–Kier alpha value is -2.07. The first-order valence-corrected chi connectivity index (χ1v) is 7.50. The Morgan fingerprint density at radius 1 is 1.19 bits per heavy atom. The summed E-state index contributed by atoms with van der Waals surface area (Å²) in [5.74, 6) is 0.959. The summed E-state index contributed by atoms with van der Waals surface area (Å²) in [4.78, 5) is 2.79. The van der Waals surface area contributed by atoms with E-state index in [1.165, 1.54) is 5.56 Å². The largest absolute Gasteiger partial charge is 0.491 e. The van der Waals surface area contributed by atoms with Crippen LogP contribution in [0.4, 0.5) is 5.69 Å². The van der Waals surface area contributed by atoms with Crippen LogP contribution < -0.4 is 15.4 Å². The average molecular weight is 298 g/mol. The van der Waals surface area contributed by atoms with Gasteiger partial charge in [0.15, 0.2) is 0 Å². The first-order valence-electron chi connectivity index (χ1n) is 7.09. The predicted octanol–water partition coefficient (Wildman–Crippen LogP) is 3.11. The van der Waals surface area contributed by atoms with Gasteiger partial charge in [0.1, 0.15) is 10.7 Å². The van der Waals surface area contributed by atoms with Crippen molar-refractivity contribution >= 4 is 22.9 Å². The number of hydrogen-bond acceptors (Lipinski definition) is 3. The van der Waals surface area contributed by atoms with Gasteiger partial charge in [-0.2, -0.15) is 0 Å².